The lowest BCUT2D eigenvalue weighted by Gasteiger charge is -2.08. The third kappa shape index (κ3) is 3.55. The number of carboxylic acid groups (broad SMARTS) is 1. The Morgan fingerprint density at radius 1 is 1.10 bits per heavy atom. The highest BCUT2D eigenvalue weighted by molar-refractivity contribution is 6.08. The summed E-state index contributed by atoms with van der Waals surface area (Å²) in [6.45, 7) is 0. The number of nitrogens with zero attached hydrogens (tertiary/aromatic N) is 2. The summed E-state index contributed by atoms with van der Waals surface area (Å²) in [5, 5.41) is 25.8. The van der Waals surface area contributed by atoms with E-state index in [1.165, 1.54) is 12.3 Å². The third-order valence-electron chi connectivity index (χ3n) is 5.13. The summed E-state index contributed by atoms with van der Waals surface area (Å²) < 4.78 is 6.95. The van der Waals surface area contributed by atoms with Crippen LogP contribution in [0, 0.1) is 0 Å². The summed E-state index contributed by atoms with van der Waals surface area (Å²) in [5.41, 5.74) is 3.64. The molecule has 156 valence electrons. The second-order valence-electron chi connectivity index (χ2n) is 6.93. The molecule has 0 aliphatic heterocycles. The van der Waals surface area contributed by atoms with Crippen molar-refractivity contribution < 1.29 is 24.5 Å². The van der Waals surface area contributed by atoms with Crippen LogP contribution in [0.1, 0.15) is 26.4 Å². The number of ether oxygens (including phenoxy) is 1. The zero-order valence-electron chi connectivity index (χ0n) is 16.8. The number of aromatic hydroxyl groups is 1. The first-order chi connectivity index (χ1) is 14.9. The molecule has 1 amide bonds. The van der Waals surface area contributed by atoms with E-state index in [4.69, 9.17) is 4.74 Å². The molecule has 0 atom stereocenters. The lowest BCUT2D eigenvalue weighted by atomic mass is 10.00. The molecule has 0 unspecified atom stereocenters. The molecule has 1 aromatic heterocycles. The molecule has 0 aliphatic rings. The molecule has 3 N–H and O–H groups in total. The van der Waals surface area contributed by atoms with Gasteiger partial charge in [0.1, 0.15) is 22.8 Å². The standard InChI is InChI=1S/C23H19N3O5/c1-26-19-8-7-15(31-2)9-14(19)11-20(26)22(28)25-24-12-18-16-6-4-3-5-13(16)10-17(21(18)27)23(29)30/h3-12,27H,1-2H3,(H,25,28)(H,29,30)/b24-12+. The summed E-state index contributed by atoms with van der Waals surface area (Å²) in [6.07, 6.45) is 1.24. The van der Waals surface area contributed by atoms with Crippen molar-refractivity contribution in [3.8, 4) is 11.5 Å². The number of aromatic nitrogens is 1. The molecule has 0 radical (unpaired) electrons. The van der Waals surface area contributed by atoms with Gasteiger partial charge in [0, 0.05) is 23.5 Å². The van der Waals surface area contributed by atoms with Crippen LogP contribution < -0.4 is 10.2 Å². The highest BCUT2D eigenvalue weighted by Crippen LogP contribution is 2.30. The Labute approximate surface area is 177 Å². The molecule has 0 saturated carbocycles. The van der Waals surface area contributed by atoms with Crippen molar-refractivity contribution in [2.75, 3.05) is 7.11 Å². The lowest BCUT2D eigenvalue weighted by Crippen LogP contribution is -2.20. The van der Waals surface area contributed by atoms with Crippen LogP contribution in [0.15, 0.2) is 59.7 Å². The first-order valence-electron chi connectivity index (χ1n) is 9.35. The van der Waals surface area contributed by atoms with Gasteiger partial charge in [-0.2, -0.15) is 5.10 Å². The molecular formula is C23H19N3O5. The van der Waals surface area contributed by atoms with E-state index < -0.39 is 17.6 Å². The minimum Gasteiger partial charge on any atom is -0.506 e. The molecule has 1 heterocycles. The number of carbonyl (C=O) groups is 2. The molecule has 31 heavy (non-hydrogen) atoms. The number of benzene rings is 3. The number of aryl methyl sites for hydroxylation is 1. The quantitative estimate of drug-likeness (QED) is 0.340. The predicted molar refractivity (Wildman–Crippen MR) is 117 cm³/mol. The highest BCUT2D eigenvalue weighted by atomic mass is 16.5. The Hall–Kier alpha value is -4.33. The van der Waals surface area contributed by atoms with Gasteiger partial charge in [0.25, 0.3) is 5.91 Å². The number of fused-ring (bicyclic) bond motifs is 2. The van der Waals surface area contributed by atoms with Crippen molar-refractivity contribution in [2.24, 2.45) is 12.1 Å². The maximum atomic E-state index is 12.7. The van der Waals surface area contributed by atoms with Crippen LogP contribution in [-0.4, -0.2) is 40.0 Å². The van der Waals surface area contributed by atoms with Crippen LogP contribution in [0.4, 0.5) is 0 Å². The molecule has 8 nitrogen and oxygen atoms in total. The van der Waals surface area contributed by atoms with Crippen LogP contribution in [0.5, 0.6) is 11.5 Å². The number of rotatable bonds is 5. The second-order valence-corrected chi connectivity index (χ2v) is 6.93. The Morgan fingerprint density at radius 2 is 1.87 bits per heavy atom. The largest absolute Gasteiger partial charge is 0.506 e. The van der Waals surface area contributed by atoms with Gasteiger partial charge in [-0.1, -0.05) is 24.3 Å². The number of carboxylic acids is 1. The summed E-state index contributed by atoms with van der Waals surface area (Å²) in [7, 11) is 3.34. The topological polar surface area (TPSA) is 113 Å². The van der Waals surface area contributed by atoms with Crippen LogP contribution in [0.3, 0.4) is 0 Å². The predicted octanol–water partition coefficient (Wildman–Crippen LogP) is 3.51. The van der Waals surface area contributed by atoms with E-state index in [2.05, 4.69) is 10.5 Å². The van der Waals surface area contributed by atoms with Crippen molar-refractivity contribution in [3.05, 3.63) is 71.4 Å². The Morgan fingerprint density at radius 3 is 2.61 bits per heavy atom. The van der Waals surface area contributed by atoms with Crippen molar-refractivity contribution >= 4 is 39.8 Å². The molecule has 4 aromatic rings. The molecule has 0 aliphatic carbocycles. The first-order valence-corrected chi connectivity index (χ1v) is 9.35. The van der Waals surface area contributed by atoms with Gasteiger partial charge in [-0.25, -0.2) is 10.2 Å². The Bertz CT molecular complexity index is 1370. The van der Waals surface area contributed by atoms with E-state index in [1.54, 1.807) is 49.1 Å². The van der Waals surface area contributed by atoms with Crippen LogP contribution in [0.2, 0.25) is 0 Å². The number of hydrazone groups is 1. The van der Waals surface area contributed by atoms with Gasteiger partial charge < -0.3 is 19.5 Å². The molecule has 0 bridgehead atoms. The Kier molecular flexibility index (Phi) is 5.04. The van der Waals surface area contributed by atoms with Crippen molar-refractivity contribution in [3.63, 3.8) is 0 Å². The smallest absolute Gasteiger partial charge is 0.339 e. The number of methoxy groups -OCH3 is 1. The highest BCUT2D eigenvalue weighted by Gasteiger charge is 2.17. The summed E-state index contributed by atoms with van der Waals surface area (Å²) >= 11 is 0. The average Bonchev–Trinajstić information content (AvgIpc) is 3.10. The van der Waals surface area contributed by atoms with Gasteiger partial charge in [-0.05, 0) is 41.1 Å². The average molecular weight is 417 g/mol. The van der Waals surface area contributed by atoms with Gasteiger partial charge >= 0.3 is 5.97 Å². The van der Waals surface area contributed by atoms with E-state index in [0.29, 0.717) is 22.2 Å². The van der Waals surface area contributed by atoms with Crippen molar-refractivity contribution in [1.82, 2.24) is 9.99 Å². The summed E-state index contributed by atoms with van der Waals surface area (Å²) in [5.74, 6) is -1.44. The number of carbonyl (C=O) groups excluding carboxylic acids is 1. The molecular weight excluding hydrogens is 398 g/mol. The molecule has 0 saturated heterocycles. The fourth-order valence-electron chi connectivity index (χ4n) is 3.54. The zero-order valence-corrected chi connectivity index (χ0v) is 16.8. The van der Waals surface area contributed by atoms with Gasteiger partial charge in [0.15, 0.2) is 0 Å². The minimum atomic E-state index is -1.26. The van der Waals surface area contributed by atoms with Crippen LogP contribution in [0.25, 0.3) is 21.7 Å². The monoisotopic (exact) mass is 417 g/mol. The summed E-state index contributed by atoms with van der Waals surface area (Å²) in [6, 6.07) is 15.6. The van der Waals surface area contributed by atoms with Gasteiger partial charge in [-0.15, -0.1) is 0 Å². The van der Waals surface area contributed by atoms with Gasteiger partial charge in [-0.3, -0.25) is 4.79 Å². The van der Waals surface area contributed by atoms with E-state index in [-0.39, 0.29) is 11.1 Å². The second kappa shape index (κ2) is 7.83. The SMILES string of the molecule is COc1ccc2c(c1)cc(C(=O)N/N=C/c1c(O)c(C(=O)O)cc3ccccc13)n2C. The number of hydrogen-bond acceptors (Lipinski definition) is 5. The van der Waals surface area contributed by atoms with E-state index in [1.807, 2.05) is 18.2 Å². The number of aromatic carboxylic acids is 1. The summed E-state index contributed by atoms with van der Waals surface area (Å²) in [4.78, 5) is 24.1. The number of hydrogen-bond donors (Lipinski definition) is 3. The van der Waals surface area contributed by atoms with Crippen molar-refractivity contribution in [2.45, 2.75) is 0 Å². The Balaban J connectivity index is 1.66. The number of amides is 1. The maximum absolute atomic E-state index is 12.7. The van der Waals surface area contributed by atoms with Crippen LogP contribution >= 0.6 is 0 Å². The fraction of sp³-hybridized carbons (Fsp3) is 0.0870. The first kappa shape index (κ1) is 20.0. The third-order valence-corrected chi connectivity index (χ3v) is 5.13. The van der Waals surface area contributed by atoms with E-state index in [9.17, 15) is 19.8 Å². The molecule has 8 heteroatoms. The van der Waals surface area contributed by atoms with Crippen LogP contribution in [-0.2, 0) is 7.05 Å². The molecule has 4 rings (SSSR count). The molecule has 0 fully saturated rings. The number of nitrogens with one attached hydrogen (secondary N) is 1. The maximum Gasteiger partial charge on any atom is 0.339 e. The molecule has 0 spiro atoms. The molecule has 3 aromatic carbocycles. The zero-order chi connectivity index (χ0) is 22.1. The number of phenols is 1. The van der Waals surface area contributed by atoms with E-state index in [0.717, 1.165) is 10.9 Å². The van der Waals surface area contributed by atoms with Gasteiger partial charge in [0.2, 0.25) is 0 Å². The van der Waals surface area contributed by atoms with E-state index >= 15 is 0 Å². The van der Waals surface area contributed by atoms with Crippen molar-refractivity contribution in [1.29, 1.82) is 0 Å². The fourth-order valence-corrected chi connectivity index (χ4v) is 3.54. The minimum absolute atomic E-state index is 0.206. The lowest BCUT2D eigenvalue weighted by molar-refractivity contribution is 0.0693. The normalized spacial score (nSPS) is 11.3. The van der Waals surface area contributed by atoms with Gasteiger partial charge in [0.05, 0.1) is 13.3 Å².